The van der Waals surface area contributed by atoms with Crippen LogP contribution in [0.3, 0.4) is 0 Å². The van der Waals surface area contributed by atoms with Gasteiger partial charge in [0.1, 0.15) is 0 Å². The van der Waals surface area contributed by atoms with E-state index in [2.05, 4.69) is 6.58 Å². The largest absolute Gasteiger partial charge is 0.529 e. The summed E-state index contributed by atoms with van der Waals surface area (Å²) in [5.74, 6) is -5.11. The summed E-state index contributed by atoms with van der Waals surface area (Å²) >= 11 is 0. The molecule has 15 heteroatoms. The summed E-state index contributed by atoms with van der Waals surface area (Å²) in [7, 11) is 0. The van der Waals surface area contributed by atoms with Crippen molar-refractivity contribution in [3.05, 3.63) is 12.7 Å². The summed E-state index contributed by atoms with van der Waals surface area (Å²) in [5, 5.41) is 0. The third-order valence-electron chi connectivity index (χ3n) is 0.993. The Morgan fingerprint density at radius 1 is 0.731 bits per heavy atom. The maximum absolute atomic E-state index is 12.1. The van der Waals surface area contributed by atoms with E-state index in [-0.39, 0.29) is 79.4 Å². The average Bonchev–Trinajstić information content (AvgIpc) is 1.90. The summed E-state index contributed by atoms with van der Waals surface area (Å²) < 4.78 is 130. The molecule has 0 atom stereocenters. The molecular weight excluding hydrogens is 662 g/mol. The van der Waals surface area contributed by atoms with Gasteiger partial charge in [0.15, 0.2) is 0 Å². The molecule has 1 radical (unpaired) electrons. The van der Waals surface area contributed by atoms with Gasteiger partial charge in [0.05, 0.1) is 0 Å². The molecule has 0 N–H and O–H groups in total. The zero-order valence-corrected chi connectivity index (χ0v) is 15.7. The summed E-state index contributed by atoms with van der Waals surface area (Å²) in [6, 6.07) is 0. The molecule has 0 aliphatic carbocycles. The molecule has 2 nitrogen and oxygen atoms in total. The molecule has 0 rings (SSSR count). The minimum absolute atomic E-state index is 0. The molecule has 0 spiro atoms. The van der Waals surface area contributed by atoms with Crippen molar-refractivity contribution in [3.8, 4) is 0 Å². The van der Waals surface area contributed by atoms with Crippen LogP contribution in [-0.2, 0) is 28.0 Å². The minimum Gasteiger partial charge on any atom is -0.225 e. The predicted octanol–water partition coefficient (Wildman–Crippen LogP) is 7.28. The Labute approximate surface area is 181 Å². The third-order valence-corrected chi connectivity index (χ3v) is 0.993. The molecule has 0 unspecified atom stereocenters. The normalized spacial score (nSPS) is 10.5. The second-order valence-electron chi connectivity index (χ2n) is 2.86. The first kappa shape index (κ1) is 50.4. The van der Waals surface area contributed by atoms with E-state index >= 15 is 0 Å². The minimum atomic E-state index is -6.03. The smallest absolute Gasteiger partial charge is 0.225 e. The van der Waals surface area contributed by atoms with Crippen LogP contribution < -0.4 is 0 Å². The summed E-state index contributed by atoms with van der Waals surface area (Å²) in [4.78, 5) is 0. The van der Waals surface area contributed by atoms with Gasteiger partial charge in [-0.25, -0.2) is 4.74 Å². The number of hydrogen-bond donors (Lipinski definition) is 0. The van der Waals surface area contributed by atoms with Crippen molar-refractivity contribution < 1.29 is 107 Å². The predicted molar refractivity (Wildman–Crippen MR) is 67.0 cm³/mol. The van der Waals surface area contributed by atoms with Crippen molar-refractivity contribution in [1.29, 1.82) is 0 Å². The van der Waals surface area contributed by atoms with Crippen molar-refractivity contribution in [3.63, 3.8) is 0 Å². The van der Waals surface area contributed by atoms with E-state index in [0.717, 1.165) is 0 Å². The number of hydrogen-bond acceptors (Lipinski definition) is 2. The van der Waals surface area contributed by atoms with Crippen molar-refractivity contribution in [2.24, 2.45) is 0 Å². The van der Waals surface area contributed by atoms with Crippen molar-refractivity contribution in [2.75, 3.05) is 0 Å². The van der Waals surface area contributed by atoms with Crippen LogP contribution in [0.4, 0.5) is 48.3 Å². The molecule has 0 aliphatic heterocycles. The zero-order valence-electron chi connectivity index (χ0n) is 10.1. The van der Waals surface area contributed by atoms with Crippen LogP contribution in [0.2, 0.25) is 0 Å². The SMILES string of the molecule is C.C.C.C.C=C(F)F.CC(F)(F)C(F)(F)OC(F)(F)OC(F)(F)F.[U].[V]. The summed E-state index contributed by atoms with van der Waals surface area (Å²) in [6.45, 7) is 1.71. The van der Waals surface area contributed by atoms with Gasteiger partial charge in [-0.15, -0.1) is 22.0 Å². The van der Waals surface area contributed by atoms with Crippen LogP contribution in [0.15, 0.2) is 12.7 Å². The molecular formula is C11H21F11O2UV. The summed E-state index contributed by atoms with van der Waals surface area (Å²) in [5.41, 5.74) is 0. The Bertz CT molecular complexity index is 329. The van der Waals surface area contributed by atoms with Crippen LogP contribution in [-0.4, -0.2) is 24.7 Å². The van der Waals surface area contributed by atoms with Crippen LogP contribution in [0.5, 0.6) is 0 Å². The fourth-order valence-corrected chi connectivity index (χ4v) is 0.394. The summed E-state index contributed by atoms with van der Waals surface area (Å²) in [6.07, 6.45) is -19.6. The van der Waals surface area contributed by atoms with Gasteiger partial charge in [-0.05, 0) is 6.58 Å². The van der Waals surface area contributed by atoms with Gasteiger partial charge in [-0.3, -0.25) is 0 Å². The van der Waals surface area contributed by atoms with E-state index in [0.29, 0.717) is 0 Å². The van der Waals surface area contributed by atoms with E-state index in [4.69, 9.17) is 0 Å². The van der Waals surface area contributed by atoms with Gasteiger partial charge in [-0.2, -0.15) is 31.1 Å². The molecule has 0 aromatic heterocycles. The Hall–Kier alpha value is 0.526. The van der Waals surface area contributed by atoms with Gasteiger partial charge in [0, 0.05) is 56.6 Å². The second kappa shape index (κ2) is 17.6. The Balaban J connectivity index is -0.0000000491. The van der Waals surface area contributed by atoms with Crippen LogP contribution in [0.25, 0.3) is 0 Å². The van der Waals surface area contributed by atoms with Crippen LogP contribution in [0.1, 0.15) is 36.6 Å². The van der Waals surface area contributed by atoms with E-state index in [9.17, 15) is 48.3 Å². The molecule has 26 heavy (non-hydrogen) atoms. The molecule has 0 heterocycles. The molecule has 0 saturated heterocycles. The van der Waals surface area contributed by atoms with Gasteiger partial charge in [0.2, 0.25) is 0 Å². The van der Waals surface area contributed by atoms with Gasteiger partial charge < -0.3 is 0 Å². The zero-order chi connectivity index (χ0) is 17.0. The third kappa shape index (κ3) is 29.3. The second-order valence-corrected chi connectivity index (χ2v) is 2.86. The first-order valence-electron chi connectivity index (χ1n) is 4.00. The molecule has 0 amide bonds. The monoisotopic (exact) mass is 683 g/mol. The first-order valence-corrected chi connectivity index (χ1v) is 4.00. The number of rotatable bonds is 4. The molecule has 0 bridgehead atoms. The number of halogens is 11. The fraction of sp³-hybridized carbons (Fsp3) is 0.818. The maximum atomic E-state index is 12.1. The van der Waals surface area contributed by atoms with E-state index < -0.39 is 37.7 Å². The molecule has 163 valence electrons. The Morgan fingerprint density at radius 3 is 1.12 bits per heavy atom. The average molecular weight is 683 g/mol. The van der Waals surface area contributed by atoms with Gasteiger partial charge in [-0.1, -0.05) is 29.7 Å². The Kier molecular flexibility index (Phi) is 34.1. The molecule has 0 aromatic carbocycles. The van der Waals surface area contributed by atoms with E-state index in [1.807, 2.05) is 4.74 Å². The molecule has 0 aromatic rings. The van der Waals surface area contributed by atoms with Crippen molar-refractivity contribution in [2.45, 2.75) is 61.3 Å². The molecule has 0 fully saturated rings. The standard InChI is InChI=1S/C5H3F9O2.C2H2F2.4CH4.U.V/c1-2(6,7)3(8,9)15-5(13,14)16-4(10,11)12;1-2(3)4;;;;;;/h1H3;1H2;4*1H4;;. The van der Waals surface area contributed by atoms with Gasteiger partial charge in [0.25, 0.3) is 6.08 Å². The Morgan fingerprint density at radius 2 is 0.962 bits per heavy atom. The van der Waals surface area contributed by atoms with Crippen LogP contribution >= 0.6 is 0 Å². The number of alkyl halides is 9. The maximum Gasteiger partial charge on any atom is 0.529 e. The topological polar surface area (TPSA) is 18.5 Å². The molecule has 0 saturated carbocycles. The van der Waals surface area contributed by atoms with E-state index in [1.165, 1.54) is 0 Å². The quantitative estimate of drug-likeness (QED) is 0.229. The van der Waals surface area contributed by atoms with Gasteiger partial charge >= 0.3 is 24.7 Å². The van der Waals surface area contributed by atoms with Crippen molar-refractivity contribution >= 4 is 0 Å². The fourth-order valence-electron chi connectivity index (χ4n) is 0.394. The molecule has 0 aliphatic rings. The first-order chi connectivity index (χ1) is 8.40. The van der Waals surface area contributed by atoms with Crippen LogP contribution in [0, 0.1) is 31.1 Å². The van der Waals surface area contributed by atoms with E-state index in [1.54, 1.807) is 4.74 Å². The van der Waals surface area contributed by atoms with Crippen molar-refractivity contribution in [1.82, 2.24) is 0 Å². The number of ether oxygens (including phenoxy) is 2.